The molecule has 0 amide bonds. The van der Waals surface area contributed by atoms with E-state index in [9.17, 15) is 0 Å². The molecule has 0 radical (unpaired) electrons. The van der Waals surface area contributed by atoms with Gasteiger partial charge in [-0.05, 0) is 0 Å². The van der Waals surface area contributed by atoms with Gasteiger partial charge in [-0.3, -0.25) is 0 Å². The van der Waals surface area contributed by atoms with Gasteiger partial charge in [0.15, 0.2) is 0 Å². The maximum absolute atomic E-state index is 5.63. The maximum atomic E-state index is 5.63. The fraction of sp³-hybridized carbons (Fsp3) is 0.500. The summed E-state index contributed by atoms with van der Waals surface area (Å²) in [7, 11) is 0. The topological polar surface area (TPSA) is 12.4 Å². The van der Waals surface area contributed by atoms with Gasteiger partial charge in [0.1, 0.15) is 0 Å². The van der Waals surface area contributed by atoms with Gasteiger partial charge in [-0.2, -0.15) is 0 Å². The van der Waals surface area contributed by atoms with Crippen LogP contribution in [0.3, 0.4) is 0 Å². The van der Waals surface area contributed by atoms with E-state index >= 15 is 0 Å². The van der Waals surface area contributed by atoms with Gasteiger partial charge in [-0.15, -0.1) is 0 Å². The van der Waals surface area contributed by atoms with Crippen LogP contribution in [-0.4, -0.2) is 10.1 Å². The Balaban J connectivity index is 4.19. The molecule has 0 saturated heterocycles. The van der Waals surface area contributed by atoms with Gasteiger partial charge in [0.05, 0.1) is 0 Å². The molecule has 1 nitrogen and oxygen atoms in total. The number of aliphatic imine (C=N–C) groups is 1. The predicted molar refractivity (Wildman–Crippen MR) is 41.9 cm³/mol. The summed E-state index contributed by atoms with van der Waals surface area (Å²) >= 11 is 2.39. The van der Waals surface area contributed by atoms with E-state index in [4.69, 9.17) is 6.58 Å². The van der Waals surface area contributed by atoms with Crippen molar-refractivity contribution in [3.63, 3.8) is 0 Å². The molecule has 0 saturated carbocycles. The second-order valence-electron chi connectivity index (χ2n) is 2.12. The molecular formula is C8H12NV-. The number of nitrogens with zero attached hydrogens (tertiary/aromatic N) is 1. The molecule has 0 bridgehead atoms. The summed E-state index contributed by atoms with van der Waals surface area (Å²) in [5.74, 6) is 0. The Labute approximate surface area is 71.7 Å². The van der Waals surface area contributed by atoms with Crippen molar-refractivity contribution in [3.05, 3.63) is 12.2 Å². The van der Waals surface area contributed by atoms with Crippen LogP contribution < -0.4 is 0 Å². The summed E-state index contributed by atoms with van der Waals surface area (Å²) in [6.07, 6.45) is 0.871. The van der Waals surface area contributed by atoms with Crippen molar-refractivity contribution >= 4 is 10.1 Å². The molecule has 0 atom stereocenters. The molecule has 0 spiro atoms. The van der Waals surface area contributed by atoms with Crippen molar-refractivity contribution in [2.45, 2.75) is 27.2 Å². The summed E-state index contributed by atoms with van der Waals surface area (Å²) in [5, 5.41) is 0. The molecule has 0 heterocycles. The zero-order valence-electron chi connectivity index (χ0n) is 6.68. The van der Waals surface area contributed by atoms with E-state index in [1.54, 1.807) is 0 Å². The Morgan fingerprint density at radius 3 is 2.30 bits per heavy atom. The average molecular weight is 173 g/mol. The van der Waals surface area contributed by atoms with Crippen LogP contribution in [0.25, 0.3) is 0 Å². The van der Waals surface area contributed by atoms with Crippen LogP contribution in [0.5, 0.6) is 0 Å². The molecule has 10 heavy (non-hydrogen) atoms. The number of hydrogen-bond donors (Lipinski definition) is 0. The van der Waals surface area contributed by atoms with Crippen molar-refractivity contribution < 1.29 is 17.0 Å². The predicted octanol–water partition coefficient (Wildman–Crippen LogP) is 1.91. The van der Waals surface area contributed by atoms with Crippen LogP contribution in [0.1, 0.15) is 27.2 Å². The standard InChI is InChI=1S/C8H12N.V/c1-5-7(3)8(4)9-6-2;/h3H,5H2,1-2,4H3;/q-1;. The second kappa shape index (κ2) is 4.64. The number of allylic oxidation sites excluding steroid dienone is 1. The monoisotopic (exact) mass is 173 g/mol. The fourth-order valence-electron chi connectivity index (χ4n) is 0.570. The first-order chi connectivity index (χ1) is 4.57. The minimum atomic E-state index is 0.866. The molecule has 0 fully saturated rings. The first-order valence-corrected chi connectivity index (χ1v) is 3.97. The van der Waals surface area contributed by atoms with E-state index in [2.05, 4.69) is 22.0 Å². The van der Waals surface area contributed by atoms with Crippen LogP contribution in [0.2, 0.25) is 0 Å². The molecule has 0 rings (SSSR count). The van der Waals surface area contributed by atoms with Gasteiger partial charge in [-0.1, -0.05) is 0 Å². The fourth-order valence-corrected chi connectivity index (χ4v) is 0.805. The van der Waals surface area contributed by atoms with E-state index < -0.39 is 0 Å². The third-order valence-electron chi connectivity index (χ3n) is 1.18. The summed E-state index contributed by atoms with van der Waals surface area (Å²) in [6, 6.07) is 0. The normalized spacial score (nSPS) is 11.2. The van der Waals surface area contributed by atoms with Crippen molar-refractivity contribution in [3.8, 4) is 0 Å². The van der Waals surface area contributed by atoms with E-state index in [-0.39, 0.29) is 0 Å². The number of hydrogen-bond acceptors (Lipinski definition) is 1. The summed E-state index contributed by atoms with van der Waals surface area (Å²) < 4.78 is 0.987. The Bertz CT molecular complexity index is 180. The van der Waals surface area contributed by atoms with Crippen molar-refractivity contribution in [1.82, 2.24) is 0 Å². The zero-order valence-corrected chi connectivity index (χ0v) is 8.08. The van der Waals surface area contributed by atoms with Gasteiger partial charge < -0.3 is 0 Å². The molecule has 0 N–H and O–H groups in total. The Morgan fingerprint density at radius 1 is 1.50 bits per heavy atom. The van der Waals surface area contributed by atoms with Crippen LogP contribution in [0, 0.1) is 6.58 Å². The molecule has 0 unspecified atom stereocenters. The average Bonchev–Trinajstić information content (AvgIpc) is 1.85. The van der Waals surface area contributed by atoms with E-state index in [0.717, 1.165) is 22.1 Å². The van der Waals surface area contributed by atoms with Crippen LogP contribution >= 0.6 is 0 Å². The molecule has 0 aromatic carbocycles. The third kappa shape index (κ3) is 3.81. The van der Waals surface area contributed by atoms with Gasteiger partial charge >= 0.3 is 71.4 Å². The Hall–Kier alpha value is -0.136. The van der Waals surface area contributed by atoms with Gasteiger partial charge in [0.25, 0.3) is 0 Å². The van der Waals surface area contributed by atoms with Crippen LogP contribution in [0.15, 0.2) is 10.6 Å². The van der Waals surface area contributed by atoms with Crippen LogP contribution in [-0.2, 0) is 17.0 Å². The van der Waals surface area contributed by atoms with E-state index in [1.807, 2.05) is 20.8 Å². The summed E-state index contributed by atoms with van der Waals surface area (Å²) in [5.41, 5.74) is 1.80. The zero-order chi connectivity index (χ0) is 8.15. The Kier molecular flexibility index (Phi) is 4.58. The SMILES string of the molecule is [CH-]=C(CC)C(C)=N[C](C)=[V]. The quantitative estimate of drug-likeness (QED) is 0.456. The molecular weight excluding hydrogens is 161 g/mol. The first kappa shape index (κ1) is 9.86. The second-order valence-corrected chi connectivity index (χ2v) is 3.13. The summed E-state index contributed by atoms with van der Waals surface area (Å²) in [6.45, 7) is 11.5. The van der Waals surface area contributed by atoms with Crippen LogP contribution in [0.4, 0.5) is 0 Å². The molecule has 0 aliphatic rings. The molecule has 0 aliphatic carbocycles. The van der Waals surface area contributed by atoms with Crippen molar-refractivity contribution in [1.29, 1.82) is 0 Å². The van der Waals surface area contributed by atoms with Crippen molar-refractivity contribution in [2.24, 2.45) is 4.99 Å². The summed E-state index contributed by atoms with van der Waals surface area (Å²) in [4.78, 5) is 4.19. The molecule has 0 aromatic rings. The molecule has 0 aromatic heterocycles. The molecule has 0 aliphatic heterocycles. The molecule has 55 valence electrons. The molecule has 2 heteroatoms. The van der Waals surface area contributed by atoms with Gasteiger partial charge in [0.2, 0.25) is 0 Å². The van der Waals surface area contributed by atoms with Gasteiger partial charge in [0, 0.05) is 0 Å². The minimum absolute atomic E-state index is 0.866. The Morgan fingerprint density at radius 2 is 2.00 bits per heavy atom. The van der Waals surface area contributed by atoms with E-state index in [0.29, 0.717) is 0 Å². The number of rotatable bonds is 3. The first-order valence-electron chi connectivity index (χ1n) is 3.27. The van der Waals surface area contributed by atoms with E-state index in [1.165, 1.54) is 0 Å². The van der Waals surface area contributed by atoms with Gasteiger partial charge in [-0.25, -0.2) is 0 Å². The third-order valence-corrected chi connectivity index (χ3v) is 1.33. The van der Waals surface area contributed by atoms with Crippen molar-refractivity contribution in [2.75, 3.05) is 0 Å².